The summed E-state index contributed by atoms with van der Waals surface area (Å²) in [6, 6.07) is 31.7. The van der Waals surface area contributed by atoms with E-state index < -0.39 is 15.2 Å². The van der Waals surface area contributed by atoms with Gasteiger partial charge in [0, 0.05) is 0 Å². The van der Waals surface area contributed by atoms with Crippen molar-refractivity contribution >= 4 is 89.1 Å². The van der Waals surface area contributed by atoms with E-state index in [0.29, 0.717) is 0 Å². The van der Waals surface area contributed by atoms with Crippen LogP contribution in [0.4, 0.5) is 0 Å². The summed E-state index contributed by atoms with van der Waals surface area (Å²) in [5.74, 6) is 0. The van der Waals surface area contributed by atoms with Gasteiger partial charge in [0.2, 0.25) is 0 Å². The van der Waals surface area contributed by atoms with Crippen molar-refractivity contribution in [1.82, 2.24) is 0 Å². The summed E-state index contributed by atoms with van der Waals surface area (Å²) >= 11 is 11.3. The molecular weight excluding hydrogens is 544 g/mol. The highest BCUT2D eigenvalue weighted by Gasteiger charge is 2.54. The second-order valence-electron chi connectivity index (χ2n) is 7.19. The van der Waals surface area contributed by atoms with Crippen LogP contribution in [0, 0.1) is 0 Å². The molecule has 4 aromatic rings. The summed E-state index contributed by atoms with van der Waals surface area (Å²) in [6.07, 6.45) is 0. The summed E-state index contributed by atoms with van der Waals surface area (Å²) in [6.45, 7) is 5.18. The Morgan fingerprint density at radius 2 is 0.893 bits per heavy atom. The van der Waals surface area contributed by atoms with Gasteiger partial charge in [-0.25, -0.2) is 0 Å². The van der Waals surface area contributed by atoms with Crippen LogP contribution in [0.1, 0.15) is 0 Å². The lowest BCUT2D eigenvalue weighted by molar-refractivity contribution is 1.71. The Morgan fingerprint density at radius 1 is 0.536 bits per heavy atom. The van der Waals surface area contributed by atoms with Crippen LogP contribution in [-0.4, -0.2) is 15.2 Å². The van der Waals surface area contributed by atoms with E-state index in [0.717, 1.165) is 0 Å². The molecule has 2 aromatic heterocycles. The van der Waals surface area contributed by atoms with E-state index in [2.05, 4.69) is 130 Å². The van der Waals surface area contributed by atoms with Gasteiger partial charge in [0.05, 0.1) is 7.57 Å². The third-order valence-electron chi connectivity index (χ3n) is 5.83. The Morgan fingerprint density at radius 3 is 1.18 bits per heavy atom. The molecule has 0 fully saturated rings. The molecule has 0 saturated carbocycles. The van der Waals surface area contributed by atoms with E-state index in [1.54, 1.807) is 9.00 Å². The maximum Gasteiger partial charge on any atom is 0.131 e. The summed E-state index contributed by atoms with van der Waals surface area (Å²) in [5.41, 5.74) is 0. The van der Waals surface area contributed by atoms with Crippen molar-refractivity contribution in [1.29, 1.82) is 0 Å². The monoisotopic (exact) mass is 562 g/mol. The lowest BCUT2D eigenvalue weighted by Crippen LogP contribution is -2.82. The zero-order valence-corrected chi connectivity index (χ0v) is 22.5. The average molecular weight is 565 g/mol. The smallest absolute Gasteiger partial charge is 0.131 e. The summed E-state index contributed by atoms with van der Waals surface area (Å²) in [4.78, 5) is 0. The molecule has 0 aliphatic rings. The van der Waals surface area contributed by atoms with E-state index in [-0.39, 0.29) is 0 Å². The fourth-order valence-corrected chi connectivity index (χ4v) is 28.0. The predicted octanol–water partition coefficient (Wildman–Crippen LogP) is 5.50. The predicted molar refractivity (Wildman–Crippen MR) is 139 cm³/mol. The molecule has 0 spiro atoms. The molecule has 0 saturated heterocycles. The maximum atomic E-state index is 3.73. The molecule has 0 aliphatic heterocycles. The average Bonchev–Trinajstić information content (AvgIpc) is 3.37. The molecule has 28 heavy (non-hydrogen) atoms. The van der Waals surface area contributed by atoms with Crippen molar-refractivity contribution in [2.75, 3.05) is 0 Å². The molecule has 2 heterocycles. The van der Waals surface area contributed by atoms with Gasteiger partial charge in [-0.15, -0.1) is 22.7 Å². The van der Waals surface area contributed by atoms with Crippen LogP contribution in [0.2, 0.25) is 13.1 Å². The Balaban J connectivity index is 2.08. The van der Waals surface area contributed by atoms with Gasteiger partial charge < -0.3 is 0 Å². The normalized spacial score (nSPS) is 15.7. The molecule has 2 atom stereocenters. The van der Waals surface area contributed by atoms with Crippen molar-refractivity contribution in [2.45, 2.75) is 13.1 Å². The molecule has 2 unspecified atom stereocenters. The zero-order chi connectivity index (χ0) is 19.8. The number of hydrogen-bond acceptors (Lipinski definition) is 2. The molecule has 0 N–H and O–H groups in total. The summed E-state index contributed by atoms with van der Waals surface area (Å²) in [7, 11) is -4.17. The molecule has 0 nitrogen and oxygen atoms in total. The molecular formula is C22H20Br2S2Si2. The second kappa shape index (κ2) is 8.16. The number of halogens is 2. The SMILES string of the molecule is C[Si](c1ccccc1)(c1ccc(Br)s1)[Si](C)(c1ccccc1)c1ccc(Br)s1. The van der Waals surface area contributed by atoms with E-state index >= 15 is 0 Å². The van der Waals surface area contributed by atoms with Gasteiger partial charge in [-0.2, -0.15) is 0 Å². The quantitative estimate of drug-likeness (QED) is 0.281. The lowest BCUT2D eigenvalue weighted by Gasteiger charge is -2.43. The van der Waals surface area contributed by atoms with E-state index in [1.807, 2.05) is 22.7 Å². The van der Waals surface area contributed by atoms with Gasteiger partial charge in [0.25, 0.3) is 0 Å². The molecule has 2 aromatic carbocycles. The minimum atomic E-state index is -2.09. The first-order valence-corrected chi connectivity index (χ1v) is 18.3. The van der Waals surface area contributed by atoms with Crippen LogP contribution >= 0.6 is 54.5 Å². The Kier molecular flexibility index (Phi) is 5.98. The van der Waals surface area contributed by atoms with E-state index in [4.69, 9.17) is 0 Å². The maximum absolute atomic E-state index is 3.73. The Hall–Kier alpha value is -0.766. The highest BCUT2D eigenvalue weighted by molar-refractivity contribution is 9.11. The standard InChI is InChI=1S/C22H20Br2S2Si2/c1-27(17-9-5-3-6-10-17,21-15-13-19(23)25-21)28(2,18-11-7-4-8-12-18)22-16-14-20(24)26-22/h3-16H,1-2H3. The molecule has 0 amide bonds. The fourth-order valence-electron chi connectivity index (χ4n) is 4.06. The second-order valence-corrected chi connectivity index (χ2v) is 25.6. The minimum absolute atomic E-state index is 1.22. The van der Waals surface area contributed by atoms with Crippen LogP contribution in [0.15, 0.2) is 92.5 Å². The minimum Gasteiger partial charge on any atom is -0.138 e. The van der Waals surface area contributed by atoms with Crippen molar-refractivity contribution in [3.05, 3.63) is 92.5 Å². The third-order valence-corrected chi connectivity index (χ3v) is 29.5. The number of rotatable bonds is 5. The van der Waals surface area contributed by atoms with E-state index in [1.165, 1.54) is 17.9 Å². The van der Waals surface area contributed by atoms with Crippen LogP contribution < -0.4 is 19.4 Å². The number of hydrogen-bond donors (Lipinski definition) is 0. The van der Waals surface area contributed by atoms with Gasteiger partial charge >= 0.3 is 0 Å². The Labute approximate surface area is 193 Å². The van der Waals surface area contributed by atoms with Crippen molar-refractivity contribution in [3.8, 4) is 0 Å². The van der Waals surface area contributed by atoms with Crippen LogP contribution in [0.5, 0.6) is 0 Å². The molecule has 6 heteroatoms. The first-order chi connectivity index (χ1) is 13.5. The van der Waals surface area contributed by atoms with Crippen LogP contribution in [0.25, 0.3) is 0 Å². The topological polar surface area (TPSA) is 0 Å². The van der Waals surface area contributed by atoms with Crippen molar-refractivity contribution in [2.24, 2.45) is 0 Å². The molecule has 142 valence electrons. The lowest BCUT2D eigenvalue weighted by atomic mass is 10.4. The Bertz CT molecular complexity index is 990. The molecule has 0 radical (unpaired) electrons. The largest absolute Gasteiger partial charge is 0.138 e. The first-order valence-electron chi connectivity index (χ1n) is 9.09. The molecule has 0 bridgehead atoms. The zero-order valence-electron chi connectivity index (χ0n) is 15.7. The van der Waals surface area contributed by atoms with Gasteiger partial charge in [-0.1, -0.05) is 96.3 Å². The highest BCUT2D eigenvalue weighted by atomic mass is 79.9. The highest BCUT2D eigenvalue weighted by Crippen LogP contribution is 2.28. The molecule has 4 rings (SSSR count). The molecule has 0 aliphatic carbocycles. The van der Waals surface area contributed by atoms with Crippen molar-refractivity contribution in [3.63, 3.8) is 0 Å². The van der Waals surface area contributed by atoms with Crippen molar-refractivity contribution < 1.29 is 0 Å². The number of thiophene rings is 2. The first kappa shape index (κ1) is 20.5. The van der Waals surface area contributed by atoms with Gasteiger partial charge in [0.1, 0.15) is 15.2 Å². The third kappa shape index (κ3) is 3.38. The summed E-state index contributed by atoms with van der Waals surface area (Å²) in [5, 5.41) is 3.04. The van der Waals surface area contributed by atoms with Crippen LogP contribution in [0.3, 0.4) is 0 Å². The fraction of sp³-hybridized carbons (Fsp3) is 0.0909. The van der Waals surface area contributed by atoms with Gasteiger partial charge in [-0.3, -0.25) is 0 Å². The van der Waals surface area contributed by atoms with E-state index in [9.17, 15) is 0 Å². The summed E-state index contributed by atoms with van der Waals surface area (Å²) < 4.78 is 5.53. The van der Waals surface area contributed by atoms with Gasteiger partial charge in [0.15, 0.2) is 0 Å². The number of benzene rings is 2. The van der Waals surface area contributed by atoms with Crippen LogP contribution in [-0.2, 0) is 0 Å². The van der Waals surface area contributed by atoms with Gasteiger partial charge in [-0.05, 0) is 53.0 Å².